The van der Waals surface area contributed by atoms with Gasteiger partial charge in [0, 0.05) is 22.8 Å². The topological polar surface area (TPSA) is 53.4 Å². The molecule has 0 spiro atoms. The van der Waals surface area contributed by atoms with E-state index >= 15 is 0 Å². The van der Waals surface area contributed by atoms with Crippen molar-refractivity contribution < 1.29 is 14.3 Å². The maximum atomic E-state index is 12.8. The molecule has 2 aromatic carbocycles. The highest BCUT2D eigenvalue weighted by atomic mass is 35.5. The average Bonchev–Trinajstić information content (AvgIpc) is 3.20. The van der Waals surface area contributed by atoms with Gasteiger partial charge in [-0.15, -0.1) is 0 Å². The number of hydrogen-bond acceptors (Lipinski definition) is 4. The van der Waals surface area contributed by atoms with Gasteiger partial charge < -0.3 is 9.47 Å². The number of nitrogens with zero attached hydrogens (tertiary/aromatic N) is 2. The molecular weight excluding hydrogens is 411 g/mol. The van der Waals surface area contributed by atoms with Crippen LogP contribution in [-0.2, 0) is 4.74 Å². The molecule has 0 N–H and O–H groups in total. The van der Waals surface area contributed by atoms with E-state index in [-0.39, 0.29) is 0 Å². The highest BCUT2D eigenvalue weighted by Gasteiger charge is 2.39. The number of hydrogen-bond donors (Lipinski definition) is 0. The molecular formula is C22H22Cl2N2O3. The molecule has 0 radical (unpaired) electrons. The molecule has 7 heteroatoms. The molecule has 0 bridgehead atoms. The first kappa shape index (κ1) is 21.2. The maximum Gasteiger partial charge on any atom is 0.338 e. The van der Waals surface area contributed by atoms with Crippen LogP contribution in [0.3, 0.4) is 0 Å². The van der Waals surface area contributed by atoms with E-state index in [1.54, 1.807) is 59.7 Å². The fourth-order valence-corrected chi connectivity index (χ4v) is 3.11. The lowest BCUT2D eigenvalue weighted by atomic mass is 9.87. The van der Waals surface area contributed by atoms with Gasteiger partial charge in [0.05, 0.1) is 16.9 Å². The normalized spacial score (nSPS) is 13.6. The largest absolute Gasteiger partial charge is 0.465 e. The van der Waals surface area contributed by atoms with Gasteiger partial charge in [-0.3, -0.25) is 4.57 Å². The van der Waals surface area contributed by atoms with E-state index in [0.717, 1.165) is 0 Å². The summed E-state index contributed by atoms with van der Waals surface area (Å²) in [5.41, 5.74) is -0.0380. The standard InChI is InChI=1S/C22H22Cl2N2O3/c1-22(2,3)19(29-21(27)15-8-10-16(23)11-9-15)20(26-13-12-25-14-26)28-18-7-5-4-6-17(18)24/h4-14,19-20H,1-3H3. The summed E-state index contributed by atoms with van der Waals surface area (Å²) in [7, 11) is 0. The second kappa shape index (κ2) is 8.89. The number of para-hydroxylation sites is 1. The summed E-state index contributed by atoms with van der Waals surface area (Å²) in [5.74, 6) is 0.0270. The molecule has 2 atom stereocenters. The van der Waals surface area contributed by atoms with Crippen LogP contribution in [0.2, 0.25) is 10.0 Å². The van der Waals surface area contributed by atoms with Crippen molar-refractivity contribution in [2.75, 3.05) is 0 Å². The van der Waals surface area contributed by atoms with E-state index < -0.39 is 23.7 Å². The molecule has 0 fully saturated rings. The van der Waals surface area contributed by atoms with Crippen molar-refractivity contribution >= 4 is 29.2 Å². The molecule has 0 aliphatic carbocycles. The molecule has 1 heterocycles. The molecule has 152 valence electrons. The van der Waals surface area contributed by atoms with E-state index in [4.69, 9.17) is 32.7 Å². The lowest BCUT2D eigenvalue weighted by Crippen LogP contribution is -2.42. The Kier molecular flexibility index (Phi) is 6.50. The molecule has 3 rings (SSSR count). The minimum absolute atomic E-state index is 0.408. The van der Waals surface area contributed by atoms with Crippen molar-refractivity contribution in [2.45, 2.75) is 33.1 Å². The van der Waals surface area contributed by atoms with Gasteiger partial charge in [-0.1, -0.05) is 56.1 Å². The molecule has 0 saturated heterocycles. The third-order valence-electron chi connectivity index (χ3n) is 4.33. The third-order valence-corrected chi connectivity index (χ3v) is 4.89. The fourth-order valence-electron chi connectivity index (χ4n) is 2.80. The second-order valence-corrected chi connectivity index (χ2v) is 8.49. The number of halogens is 2. The van der Waals surface area contributed by atoms with Crippen LogP contribution >= 0.6 is 23.2 Å². The number of aromatic nitrogens is 2. The summed E-state index contributed by atoms with van der Waals surface area (Å²) in [6, 6.07) is 13.7. The number of ether oxygens (including phenoxy) is 2. The first-order valence-electron chi connectivity index (χ1n) is 9.11. The lowest BCUT2D eigenvalue weighted by Gasteiger charge is -2.36. The van der Waals surface area contributed by atoms with Crippen LogP contribution in [0.1, 0.15) is 37.4 Å². The van der Waals surface area contributed by atoms with Gasteiger partial charge in [-0.05, 0) is 36.4 Å². The number of imidazole rings is 1. The average molecular weight is 433 g/mol. The SMILES string of the molecule is CC(C)(C)C(OC(=O)c1ccc(Cl)cc1)C(Oc1ccccc1Cl)n1ccnc1. The van der Waals surface area contributed by atoms with Crippen LogP contribution in [0.4, 0.5) is 0 Å². The van der Waals surface area contributed by atoms with E-state index in [2.05, 4.69) is 4.98 Å². The Morgan fingerprint density at radius 3 is 2.34 bits per heavy atom. The molecule has 3 aromatic rings. The predicted octanol–water partition coefficient (Wildman–Crippen LogP) is 6.04. The van der Waals surface area contributed by atoms with Gasteiger partial charge in [0.25, 0.3) is 0 Å². The Bertz CT molecular complexity index is 951. The quantitative estimate of drug-likeness (QED) is 0.445. The van der Waals surface area contributed by atoms with Crippen molar-refractivity contribution in [1.29, 1.82) is 0 Å². The van der Waals surface area contributed by atoms with Crippen molar-refractivity contribution in [2.24, 2.45) is 5.41 Å². The Morgan fingerprint density at radius 2 is 1.76 bits per heavy atom. The highest BCUT2D eigenvalue weighted by Crippen LogP contribution is 2.36. The summed E-state index contributed by atoms with van der Waals surface area (Å²) in [6.45, 7) is 5.94. The summed E-state index contributed by atoms with van der Waals surface area (Å²) in [5, 5.41) is 1.02. The first-order chi connectivity index (χ1) is 13.8. The number of carbonyl (C=O) groups is 1. The van der Waals surface area contributed by atoms with E-state index in [1.807, 2.05) is 32.9 Å². The summed E-state index contributed by atoms with van der Waals surface area (Å²) in [6.07, 6.45) is 3.71. The number of benzene rings is 2. The Labute approximate surface area is 180 Å². The monoisotopic (exact) mass is 432 g/mol. The molecule has 1 aromatic heterocycles. The van der Waals surface area contributed by atoms with Gasteiger partial charge in [-0.2, -0.15) is 0 Å². The maximum absolute atomic E-state index is 12.8. The van der Waals surface area contributed by atoms with Crippen LogP contribution in [0.25, 0.3) is 0 Å². The van der Waals surface area contributed by atoms with Crippen molar-refractivity contribution in [3.8, 4) is 5.75 Å². The smallest absolute Gasteiger partial charge is 0.338 e. The Balaban J connectivity index is 1.95. The number of esters is 1. The number of carbonyl (C=O) groups excluding carboxylic acids is 1. The predicted molar refractivity (Wildman–Crippen MR) is 113 cm³/mol. The van der Waals surface area contributed by atoms with E-state index in [9.17, 15) is 4.79 Å². The molecule has 2 unspecified atom stereocenters. The Hall–Kier alpha value is -2.50. The van der Waals surface area contributed by atoms with Gasteiger partial charge >= 0.3 is 5.97 Å². The van der Waals surface area contributed by atoms with Crippen LogP contribution in [-0.4, -0.2) is 21.6 Å². The summed E-state index contributed by atoms with van der Waals surface area (Å²) in [4.78, 5) is 16.9. The van der Waals surface area contributed by atoms with Gasteiger partial charge in [0.1, 0.15) is 5.75 Å². The van der Waals surface area contributed by atoms with Crippen molar-refractivity contribution in [1.82, 2.24) is 9.55 Å². The van der Waals surface area contributed by atoms with E-state index in [0.29, 0.717) is 21.4 Å². The van der Waals surface area contributed by atoms with E-state index in [1.165, 1.54) is 0 Å². The van der Waals surface area contributed by atoms with Gasteiger partial charge in [-0.25, -0.2) is 9.78 Å². The molecule has 29 heavy (non-hydrogen) atoms. The third kappa shape index (κ3) is 5.31. The molecule has 0 aliphatic rings. The first-order valence-corrected chi connectivity index (χ1v) is 9.86. The van der Waals surface area contributed by atoms with Gasteiger partial charge in [0.2, 0.25) is 6.23 Å². The van der Waals surface area contributed by atoms with Crippen molar-refractivity contribution in [3.63, 3.8) is 0 Å². The fraction of sp³-hybridized carbons (Fsp3) is 0.273. The van der Waals surface area contributed by atoms with Crippen LogP contribution in [0.5, 0.6) is 5.75 Å². The molecule has 0 saturated carbocycles. The zero-order valence-corrected chi connectivity index (χ0v) is 17.9. The zero-order valence-electron chi connectivity index (χ0n) is 16.4. The van der Waals surface area contributed by atoms with Crippen LogP contribution in [0.15, 0.2) is 67.3 Å². The lowest BCUT2D eigenvalue weighted by molar-refractivity contribution is -0.0821. The molecule has 0 amide bonds. The second-order valence-electron chi connectivity index (χ2n) is 7.65. The Morgan fingerprint density at radius 1 is 1.07 bits per heavy atom. The van der Waals surface area contributed by atoms with Gasteiger partial charge in [0.15, 0.2) is 6.10 Å². The molecule has 5 nitrogen and oxygen atoms in total. The summed E-state index contributed by atoms with van der Waals surface area (Å²) >= 11 is 12.2. The minimum Gasteiger partial charge on any atom is -0.465 e. The van der Waals surface area contributed by atoms with Crippen LogP contribution < -0.4 is 4.74 Å². The zero-order chi connectivity index (χ0) is 21.0. The highest BCUT2D eigenvalue weighted by molar-refractivity contribution is 6.32. The van der Waals surface area contributed by atoms with Crippen molar-refractivity contribution in [3.05, 3.63) is 82.9 Å². The summed E-state index contributed by atoms with van der Waals surface area (Å²) < 4.78 is 13.9. The number of rotatable bonds is 6. The molecule has 0 aliphatic heterocycles. The minimum atomic E-state index is -0.673. The van der Waals surface area contributed by atoms with Crippen LogP contribution in [0, 0.1) is 5.41 Å².